The number of pyridine rings is 1. The van der Waals surface area contributed by atoms with Gasteiger partial charge in [-0.3, -0.25) is 14.9 Å². The number of carbonyl (C=O) groups is 1. The Morgan fingerprint density at radius 2 is 2.03 bits per heavy atom. The second-order valence-electron chi connectivity index (χ2n) is 8.53. The van der Waals surface area contributed by atoms with Crippen LogP contribution in [0.5, 0.6) is 5.75 Å². The normalized spacial score (nSPS) is 18.2. The van der Waals surface area contributed by atoms with Crippen molar-refractivity contribution in [2.75, 3.05) is 0 Å². The van der Waals surface area contributed by atoms with Gasteiger partial charge in [0.25, 0.3) is 5.91 Å². The summed E-state index contributed by atoms with van der Waals surface area (Å²) < 4.78 is 6.12. The summed E-state index contributed by atoms with van der Waals surface area (Å²) in [5.41, 5.74) is 4.21. The molecule has 0 saturated heterocycles. The lowest BCUT2D eigenvalue weighted by Gasteiger charge is -2.30. The van der Waals surface area contributed by atoms with Crippen LogP contribution in [-0.2, 0) is 0 Å². The number of halogens is 1. The molecule has 1 fully saturated rings. The third kappa shape index (κ3) is 4.71. The Bertz CT molecular complexity index is 1300. The standard InChI is InChI=1S/C26H25ClN4O2/c1-16-13-17(11-12-28-16)25-21-14-18(9-10-23(21)30-31-25)26(32)29-19-5-4-6-20(15-19)33-24-8-3-2-7-22(24)27/h2-3,7-14,19-20H,4-6,15H2,1H3,(H,29,32)(H,30,31)/t19?,20-/m0/s1. The molecule has 6 nitrogen and oxygen atoms in total. The number of amides is 1. The number of carbonyl (C=O) groups excluding carboxylic acids is 1. The van der Waals surface area contributed by atoms with Crippen molar-refractivity contribution in [1.29, 1.82) is 0 Å². The highest BCUT2D eigenvalue weighted by Gasteiger charge is 2.25. The molecule has 0 radical (unpaired) electrons. The number of aromatic nitrogens is 3. The number of aryl methyl sites for hydroxylation is 1. The molecule has 7 heteroatoms. The van der Waals surface area contributed by atoms with Crippen LogP contribution in [0, 0.1) is 6.92 Å². The van der Waals surface area contributed by atoms with E-state index in [9.17, 15) is 4.79 Å². The molecule has 0 spiro atoms. The lowest BCUT2D eigenvalue weighted by Crippen LogP contribution is -2.41. The first-order valence-electron chi connectivity index (χ1n) is 11.2. The van der Waals surface area contributed by atoms with Gasteiger partial charge >= 0.3 is 0 Å². The molecule has 2 aromatic carbocycles. The Balaban J connectivity index is 1.30. The molecule has 0 bridgehead atoms. The average Bonchev–Trinajstić information content (AvgIpc) is 3.24. The highest BCUT2D eigenvalue weighted by atomic mass is 35.5. The van der Waals surface area contributed by atoms with E-state index in [0.29, 0.717) is 16.3 Å². The molecule has 1 amide bonds. The first kappa shape index (κ1) is 21.5. The van der Waals surface area contributed by atoms with E-state index >= 15 is 0 Å². The maximum Gasteiger partial charge on any atom is 0.251 e. The van der Waals surface area contributed by atoms with Crippen molar-refractivity contribution in [3.8, 4) is 17.0 Å². The molecule has 1 saturated carbocycles. The van der Waals surface area contributed by atoms with Gasteiger partial charge in [0.15, 0.2) is 0 Å². The van der Waals surface area contributed by atoms with Crippen LogP contribution in [0.2, 0.25) is 5.02 Å². The molecule has 2 N–H and O–H groups in total. The van der Waals surface area contributed by atoms with Gasteiger partial charge in [0, 0.05) is 40.9 Å². The third-order valence-corrected chi connectivity index (χ3v) is 6.40. The molecule has 1 aliphatic rings. The zero-order valence-electron chi connectivity index (χ0n) is 18.3. The van der Waals surface area contributed by atoms with Gasteiger partial charge in [-0.1, -0.05) is 23.7 Å². The van der Waals surface area contributed by atoms with Crippen LogP contribution < -0.4 is 10.1 Å². The van der Waals surface area contributed by atoms with E-state index in [4.69, 9.17) is 16.3 Å². The van der Waals surface area contributed by atoms with E-state index in [0.717, 1.165) is 53.5 Å². The fourth-order valence-electron chi connectivity index (χ4n) is 4.44. The number of benzene rings is 2. The first-order valence-corrected chi connectivity index (χ1v) is 11.6. The number of nitrogens with zero attached hydrogens (tertiary/aromatic N) is 2. The second kappa shape index (κ2) is 9.24. The van der Waals surface area contributed by atoms with Crippen LogP contribution in [0.3, 0.4) is 0 Å². The lowest BCUT2D eigenvalue weighted by molar-refractivity contribution is 0.0883. The number of nitrogens with one attached hydrogen (secondary N) is 2. The van der Waals surface area contributed by atoms with Gasteiger partial charge in [-0.2, -0.15) is 5.10 Å². The summed E-state index contributed by atoms with van der Waals surface area (Å²) in [5, 5.41) is 12.2. The Labute approximate surface area is 197 Å². The number of hydrogen-bond acceptors (Lipinski definition) is 4. The zero-order valence-corrected chi connectivity index (χ0v) is 19.1. The van der Waals surface area contributed by atoms with Crippen LogP contribution in [0.4, 0.5) is 0 Å². The molecule has 1 unspecified atom stereocenters. The van der Waals surface area contributed by atoms with E-state index in [1.54, 1.807) is 6.20 Å². The summed E-state index contributed by atoms with van der Waals surface area (Å²) in [7, 11) is 0. The minimum atomic E-state index is -0.0849. The van der Waals surface area contributed by atoms with E-state index in [2.05, 4.69) is 20.5 Å². The smallest absolute Gasteiger partial charge is 0.251 e. The van der Waals surface area contributed by atoms with Crippen molar-refractivity contribution in [2.24, 2.45) is 0 Å². The molecule has 1 aliphatic carbocycles. The predicted molar refractivity (Wildman–Crippen MR) is 130 cm³/mol. The summed E-state index contributed by atoms with van der Waals surface area (Å²) in [6.45, 7) is 1.95. The van der Waals surface area contributed by atoms with Crippen molar-refractivity contribution in [3.05, 3.63) is 77.1 Å². The molecule has 2 aromatic heterocycles. The van der Waals surface area contributed by atoms with Crippen LogP contribution >= 0.6 is 11.6 Å². The van der Waals surface area contributed by atoms with E-state index in [1.165, 1.54) is 0 Å². The maximum atomic E-state index is 13.1. The summed E-state index contributed by atoms with van der Waals surface area (Å²) >= 11 is 6.24. The number of fused-ring (bicyclic) bond motifs is 1. The molecule has 33 heavy (non-hydrogen) atoms. The van der Waals surface area contributed by atoms with Crippen LogP contribution in [-0.4, -0.2) is 33.2 Å². The zero-order chi connectivity index (χ0) is 22.8. The lowest BCUT2D eigenvalue weighted by atomic mass is 9.92. The largest absolute Gasteiger partial charge is 0.489 e. The minimum absolute atomic E-state index is 0.0295. The molecular formula is C26H25ClN4O2. The summed E-state index contributed by atoms with van der Waals surface area (Å²) in [6.07, 6.45) is 5.43. The van der Waals surface area contributed by atoms with Gasteiger partial charge in [-0.15, -0.1) is 0 Å². The maximum absolute atomic E-state index is 13.1. The molecule has 5 rings (SSSR count). The predicted octanol–water partition coefficient (Wildman–Crippen LogP) is 5.71. The molecule has 0 aliphatic heterocycles. The number of rotatable bonds is 5. The highest BCUT2D eigenvalue weighted by molar-refractivity contribution is 6.32. The number of H-pyrrole nitrogens is 1. The fourth-order valence-corrected chi connectivity index (χ4v) is 4.62. The third-order valence-electron chi connectivity index (χ3n) is 6.09. The van der Waals surface area contributed by atoms with Gasteiger partial charge in [0.2, 0.25) is 0 Å². The number of para-hydroxylation sites is 1. The molecule has 4 aromatic rings. The van der Waals surface area contributed by atoms with Crippen LogP contribution in [0.15, 0.2) is 60.8 Å². The Morgan fingerprint density at radius 3 is 2.88 bits per heavy atom. The number of aromatic amines is 1. The fraction of sp³-hybridized carbons (Fsp3) is 0.269. The Kier molecular flexibility index (Phi) is 6.01. The number of ether oxygens (including phenoxy) is 1. The monoisotopic (exact) mass is 460 g/mol. The molecule has 2 heterocycles. The van der Waals surface area contributed by atoms with Crippen molar-refractivity contribution >= 4 is 28.4 Å². The first-order chi connectivity index (χ1) is 16.1. The Hall–Kier alpha value is -3.38. The summed E-state index contributed by atoms with van der Waals surface area (Å²) in [5.74, 6) is 0.610. The quantitative estimate of drug-likeness (QED) is 0.400. The topological polar surface area (TPSA) is 79.9 Å². The van der Waals surface area contributed by atoms with Crippen LogP contribution in [0.25, 0.3) is 22.2 Å². The van der Waals surface area contributed by atoms with Gasteiger partial charge in [0.1, 0.15) is 17.5 Å². The molecular weight excluding hydrogens is 436 g/mol. The average molecular weight is 461 g/mol. The van der Waals surface area contributed by atoms with Gasteiger partial charge in [0.05, 0.1) is 10.5 Å². The highest BCUT2D eigenvalue weighted by Crippen LogP contribution is 2.30. The van der Waals surface area contributed by atoms with Crippen molar-refractivity contribution in [3.63, 3.8) is 0 Å². The van der Waals surface area contributed by atoms with Crippen molar-refractivity contribution < 1.29 is 9.53 Å². The van der Waals surface area contributed by atoms with Gasteiger partial charge in [-0.25, -0.2) is 0 Å². The number of hydrogen-bond donors (Lipinski definition) is 2. The summed E-state index contributed by atoms with van der Waals surface area (Å²) in [4.78, 5) is 17.3. The second-order valence-corrected chi connectivity index (χ2v) is 8.93. The van der Waals surface area contributed by atoms with E-state index < -0.39 is 0 Å². The van der Waals surface area contributed by atoms with Gasteiger partial charge < -0.3 is 10.1 Å². The minimum Gasteiger partial charge on any atom is -0.489 e. The SMILES string of the molecule is Cc1cc(-c2n[nH]c3ccc(C(=O)NC4CCC[C@H](Oc5ccccc5Cl)C4)cc23)ccn1. The van der Waals surface area contributed by atoms with E-state index in [-0.39, 0.29) is 18.1 Å². The van der Waals surface area contributed by atoms with Gasteiger partial charge in [-0.05, 0) is 68.7 Å². The Morgan fingerprint density at radius 1 is 1.15 bits per heavy atom. The van der Waals surface area contributed by atoms with Crippen LogP contribution in [0.1, 0.15) is 41.7 Å². The molecule has 2 atom stereocenters. The summed E-state index contributed by atoms with van der Waals surface area (Å²) in [6, 6.07) is 17.1. The van der Waals surface area contributed by atoms with Crippen molar-refractivity contribution in [1.82, 2.24) is 20.5 Å². The van der Waals surface area contributed by atoms with Crippen molar-refractivity contribution in [2.45, 2.75) is 44.8 Å². The molecule has 168 valence electrons. The van der Waals surface area contributed by atoms with E-state index in [1.807, 2.05) is 61.5 Å².